The van der Waals surface area contributed by atoms with Crippen molar-refractivity contribution in [1.29, 1.82) is 0 Å². The maximum atomic E-state index is 5.19. The molecule has 1 N–H and O–H groups in total. The Morgan fingerprint density at radius 2 is 2.26 bits per heavy atom. The first-order valence-corrected chi connectivity index (χ1v) is 5.80. The van der Waals surface area contributed by atoms with Crippen molar-refractivity contribution in [3.8, 4) is 0 Å². The average molecular weight is 260 g/mol. The van der Waals surface area contributed by atoms with Crippen LogP contribution in [0.3, 0.4) is 0 Å². The predicted molar refractivity (Wildman–Crippen MR) is 64.4 cm³/mol. The van der Waals surface area contributed by atoms with Crippen LogP contribution in [0.15, 0.2) is 38.1 Å². The fraction of sp³-hybridized carbons (Fsp3) is 0.250. The highest BCUT2D eigenvalue weighted by atomic mass is 16.5. The van der Waals surface area contributed by atoms with Crippen LogP contribution in [0.1, 0.15) is 22.8 Å². The van der Waals surface area contributed by atoms with Crippen LogP contribution in [0.2, 0.25) is 0 Å². The van der Waals surface area contributed by atoms with Gasteiger partial charge in [0.2, 0.25) is 0 Å². The summed E-state index contributed by atoms with van der Waals surface area (Å²) in [5.74, 6) is 1.38. The Hall–Kier alpha value is -2.57. The lowest BCUT2D eigenvalue weighted by molar-refractivity contribution is 0.413. The van der Waals surface area contributed by atoms with Crippen molar-refractivity contribution in [2.24, 2.45) is 0 Å². The van der Waals surface area contributed by atoms with E-state index >= 15 is 0 Å². The van der Waals surface area contributed by atoms with Crippen molar-refractivity contribution < 1.29 is 13.5 Å². The topological polar surface area (TPSA) is 90.1 Å². The third kappa shape index (κ3) is 2.65. The number of hydrogen-bond donors (Lipinski definition) is 1. The lowest BCUT2D eigenvalue weighted by atomic mass is 10.2. The Kier molecular flexibility index (Phi) is 3.01. The molecule has 0 unspecified atom stereocenters. The van der Waals surface area contributed by atoms with Crippen molar-refractivity contribution in [3.63, 3.8) is 0 Å². The molecule has 0 aliphatic rings. The van der Waals surface area contributed by atoms with E-state index < -0.39 is 0 Å². The van der Waals surface area contributed by atoms with E-state index in [9.17, 15) is 0 Å². The number of aromatic nitrogens is 3. The van der Waals surface area contributed by atoms with Gasteiger partial charge in [-0.05, 0) is 19.1 Å². The van der Waals surface area contributed by atoms with Gasteiger partial charge in [0.15, 0.2) is 5.82 Å². The Bertz CT molecular complexity index is 642. The molecule has 0 fully saturated rings. The molecule has 0 aliphatic carbocycles. The molecule has 0 bridgehead atoms. The maximum Gasteiger partial charge on any atom is 0.321 e. The molecular formula is C12H12N4O3. The predicted octanol–water partition coefficient (Wildman–Crippen LogP) is 2.16. The number of nitrogens with zero attached hydrogens (tertiary/aromatic N) is 3. The summed E-state index contributed by atoms with van der Waals surface area (Å²) in [5, 5.41) is 10.7. The highest BCUT2D eigenvalue weighted by Crippen LogP contribution is 2.12. The van der Waals surface area contributed by atoms with Crippen molar-refractivity contribution in [2.75, 3.05) is 5.32 Å². The number of rotatable bonds is 5. The van der Waals surface area contributed by atoms with E-state index in [4.69, 9.17) is 13.5 Å². The quantitative estimate of drug-likeness (QED) is 0.751. The molecule has 3 aromatic heterocycles. The summed E-state index contributed by atoms with van der Waals surface area (Å²) in [6, 6.07) is 4.05. The molecule has 7 nitrogen and oxygen atoms in total. The lowest BCUT2D eigenvalue weighted by Gasteiger charge is -1.95. The van der Waals surface area contributed by atoms with E-state index in [-0.39, 0.29) is 0 Å². The van der Waals surface area contributed by atoms with Gasteiger partial charge in [0, 0.05) is 12.0 Å². The molecule has 3 heterocycles. The van der Waals surface area contributed by atoms with E-state index in [0.717, 1.165) is 17.0 Å². The molecule has 0 atom stereocenters. The minimum absolute atomic E-state index is 0.362. The fourth-order valence-corrected chi connectivity index (χ4v) is 1.63. The third-order valence-electron chi connectivity index (χ3n) is 2.66. The zero-order valence-corrected chi connectivity index (χ0v) is 10.3. The molecule has 0 radical (unpaired) electrons. The van der Waals surface area contributed by atoms with Gasteiger partial charge in [-0.3, -0.25) is 0 Å². The number of anilines is 1. The fourth-order valence-electron chi connectivity index (χ4n) is 1.63. The van der Waals surface area contributed by atoms with Crippen LogP contribution >= 0.6 is 0 Å². The third-order valence-corrected chi connectivity index (χ3v) is 2.66. The van der Waals surface area contributed by atoms with E-state index in [2.05, 4.69) is 20.6 Å². The molecule has 0 spiro atoms. The first-order chi connectivity index (χ1) is 9.31. The van der Waals surface area contributed by atoms with Gasteiger partial charge in [-0.25, -0.2) is 0 Å². The molecule has 0 aromatic carbocycles. The number of furan rings is 1. The van der Waals surface area contributed by atoms with Gasteiger partial charge in [0.25, 0.3) is 0 Å². The highest BCUT2D eigenvalue weighted by molar-refractivity contribution is 5.23. The second kappa shape index (κ2) is 4.97. The molecule has 3 rings (SSSR count). The maximum absolute atomic E-state index is 5.19. The van der Waals surface area contributed by atoms with Crippen molar-refractivity contribution in [3.05, 3.63) is 47.5 Å². The van der Waals surface area contributed by atoms with Gasteiger partial charge in [0.05, 0.1) is 18.5 Å². The Balaban J connectivity index is 1.61. The van der Waals surface area contributed by atoms with Gasteiger partial charge in [-0.1, -0.05) is 10.3 Å². The van der Waals surface area contributed by atoms with E-state index in [1.165, 1.54) is 0 Å². The summed E-state index contributed by atoms with van der Waals surface area (Å²) < 4.78 is 15.1. The smallest absolute Gasteiger partial charge is 0.321 e. The summed E-state index contributed by atoms with van der Waals surface area (Å²) in [5.41, 5.74) is 1.77. The Labute approximate surface area is 108 Å². The highest BCUT2D eigenvalue weighted by Gasteiger charge is 2.10. The van der Waals surface area contributed by atoms with E-state index in [0.29, 0.717) is 24.8 Å². The van der Waals surface area contributed by atoms with Crippen molar-refractivity contribution in [2.45, 2.75) is 19.9 Å². The van der Waals surface area contributed by atoms with Gasteiger partial charge >= 0.3 is 6.01 Å². The monoisotopic (exact) mass is 260 g/mol. The minimum Gasteiger partial charge on any atom is -0.467 e. The summed E-state index contributed by atoms with van der Waals surface area (Å²) in [4.78, 5) is 4.23. The molecule has 0 aliphatic heterocycles. The van der Waals surface area contributed by atoms with Crippen molar-refractivity contribution in [1.82, 2.24) is 15.3 Å². The van der Waals surface area contributed by atoms with Crippen LogP contribution in [-0.2, 0) is 13.0 Å². The molecule has 0 saturated heterocycles. The molecule has 0 amide bonds. The second-order valence-electron chi connectivity index (χ2n) is 4.05. The molecule has 98 valence electrons. The van der Waals surface area contributed by atoms with E-state index in [1.54, 1.807) is 12.5 Å². The zero-order chi connectivity index (χ0) is 13.1. The number of hydrogen-bond acceptors (Lipinski definition) is 7. The van der Waals surface area contributed by atoms with Crippen LogP contribution < -0.4 is 5.32 Å². The van der Waals surface area contributed by atoms with Crippen LogP contribution in [0.25, 0.3) is 0 Å². The minimum atomic E-state index is 0.362. The summed E-state index contributed by atoms with van der Waals surface area (Å²) in [6.45, 7) is 2.37. The van der Waals surface area contributed by atoms with Crippen molar-refractivity contribution >= 4 is 6.01 Å². The van der Waals surface area contributed by atoms with E-state index in [1.807, 2.05) is 19.1 Å². The van der Waals surface area contributed by atoms with Crippen LogP contribution in [0.4, 0.5) is 6.01 Å². The van der Waals surface area contributed by atoms with Crippen LogP contribution in [0, 0.1) is 6.92 Å². The van der Waals surface area contributed by atoms with Crippen LogP contribution in [-0.4, -0.2) is 15.3 Å². The molecule has 19 heavy (non-hydrogen) atoms. The first-order valence-electron chi connectivity index (χ1n) is 5.80. The Morgan fingerprint density at radius 3 is 3.00 bits per heavy atom. The normalized spacial score (nSPS) is 10.8. The number of nitrogens with one attached hydrogen (secondary N) is 1. The lowest BCUT2D eigenvalue weighted by Crippen LogP contribution is -1.98. The molecule has 7 heteroatoms. The van der Waals surface area contributed by atoms with Gasteiger partial charge in [0.1, 0.15) is 12.0 Å². The zero-order valence-electron chi connectivity index (χ0n) is 10.3. The summed E-state index contributed by atoms with van der Waals surface area (Å²) in [7, 11) is 0. The van der Waals surface area contributed by atoms with Crippen LogP contribution in [0.5, 0.6) is 0 Å². The molecule has 3 aromatic rings. The Morgan fingerprint density at radius 1 is 1.32 bits per heavy atom. The second-order valence-corrected chi connectivity index (χ2v) is 4.05. The van der Waals surface area contributed by atoms with Gasteiger partial charge in [-0.15, -0.1) is 0 Å². The SMILES string of the molecule is Cc1nocc1Cc1noc(NCc2ccco2)n1. The first kappa shape index (κ1) is 11.5. The standard InChI is InChI=1S/C12H12N4O3/c1-8-9(7-18-15-8)5-11-14-12(19-16-11)13-6-10-3-2-4-17-10/h2-4,7H,5-6H2,1H3,(H,13,14,16). The molecular weight excluding hydrogens is 248 g/mol. The molecule has 0 saturated carbocycles. The van der Waals surface area contributed by atoms with Gasteiger partial charge < -0.3 is 18.8 Å². The largest absolute Gasteiger partial charge is 0.467 e. The van der Waals surface area contributed by atoms with Gasteiger partial charge in [-0.2, -0.15) is 4.98 Å². The summed E-state index contributed by atoms with van der Waals surface area (Å²) >= 11 is 0. The summed E-state index contributed by atoms with van der Waals surface area (Å²) in [6.07, 6.45) is 3.73. The number of aryl methyl sites for hydroxylation is 1. The average Bonchev–Trinajstić information content (AvgIpc) is 3.12.